The van der Waals surface area contributed by atoms with E-state index in [9.17, 15) is 14.4 Å². The van der Waals surface area contributed by atoms with E-state index < -0.39 is 5.91 Å². The quantitative estimate of drug-likeness (QED) is 0.0879. The number of piperidine rings is 1. The topological polar surface area (TPSA) is 192 Å². The van der Waals surface area contributed by atoms with Gasteiger partial charge >= 0.3 is 0 Å². The van der Waals surface area contributed by atoms with Crippen molar-refractivity contribution in [1.82, 2.24) is 35.1 Å². The summed E-state index contributed by atoms with van der Waals surface area (Å²) in [4.78, 5) is 58.6. The number of benzene rings is 2. The first-order valence-corrected chi connectivity index (χ1v) is 21.3. The molecule has 3 amide bonds. The minimum absolute atomic E-state index is 0.0238. The molecule has 1 aliphatic rings. The lowest BCUT2D eigenvalue weighted by Gasteiger charge is -2.45. The highest BCUT2D eigenvalue weighted by atomic mass is 35.5. The van der Waals surface area contributed by atoms with Crippen LogP contribution in [0.15, 0.2) is 97.3 Å². The molecule has 4 heterocycles. The first-order chi connectivity index (χ1) is 29.9. The average Bonchev–Trinajstić information content (AvgIpc) is 3.27. The molecular weight excluding hydrogens is 808 g/mol. The van der Waals surface area contributed by atoms with Crippen LogP contribution >= 0.6 is 11.6 Å². The zero-order valence-corrected chi connectivity index (χ0v) is 36.2. The normalized spacial score (nSPS) is 14.4. The molecule has 0 spiro atoms. The zero-order chi connectivity index (χ0) is 43.9. The Hall–Kier alpha value is -6.32. The van der Waals surface area contributed by atoms with Crippen molar-refractivity contribution in [3.63, 3.8) is 0 Å². The Labute approximate surface area is 368 Å². The zero-order valence-electron chi connectivity index (χ0n) is 35.4. The number of likely N-dealkylation sites (N-methyl/N-ethyl adjacent to an activating group) is 2. The highest BCUT2D eigenvalue weighted by molar-refractivity contribution is 6.31. The molecule has 62 heavy (non-hydrogen) atoms. The van der Waals surface area contributed by atoms with Gasteiger partial charge in [-0.15, -0.1) is 0 Å². The maximum Gasteiger partial charge on any atom is 0.274 e. The average molecular weight is 864 g/mol. The van der Waals surface area contributed by atoms with Gasteiger partial charge in [-0.05, 0) is 85.3 Å². The van der Waals surface area contributed by atoms with E-state index >= 15 is 0 Å². The van der Waals surface area contributed by atoms with Crippen molar-refractivity contribution in [2.24, 2.45) is 0 Å². The Balaban J connectivity index is 1.02. The van der Waals surface area contributed by atoms with Gasteiger partial charge in [0.15, 0.2) is 35.7 Å². The van der Waals surface area contributed by atoms with Crippen molar-refractivity contribution in [3.05, 3.63) is 131 Å². The van der Waals surface area contributed by atoms with Gasteiger partial charge in [-0.1, -0.05) is 48.0 Å². The summed E-state index contributed by atoms with van der Waals surface area (Å²) in [6.07, 6.45) is 8.79. The number of anilines is 2. The lowest BCUT2D eigenvalue weighted by atomic mass is 9.99. The summed E-state index contributed by atoms with van der Waals surface area (Å²) in [5.74, 6) is 0.503. The number of hydrogen-bond donors (Lipinski definition) is 3. The number of aromatic nitrogens is 4. The van der Waals surface area contributed by atoms with Gasteiger partial charge in [-0.2, -0.15) is 0 Å². The van der Waals surface area contributed by atoms with Gasteiger partial charge in [0.1, 0.15) is 11.5 Å². The van der Waals surface area contributed by atoms with Gasteiger partial charge < -0.3 is 40.5 Å². The van der Waals surface area contributed by atoms with Crippen molar-refractivity contribution in [2.75, 3.05) is 65.0 Å². The third-order valence-corrected chi connectivity index (χ3v) is 11.4. The monoisotopic (exact) mass is 863 g/mol. The molecule has 1 fully saturated rings. The number of carbonyl (C=O) groups excluding carboxylic acids is 3. The number of hydrogen-bond acceptors (Lipinski definition) is 11. The first-order valence-electron chi connectivity index (χ1n) is 20.9. The standard InChI is InChI=1S/C46H55ClN10O5/c1-55(28-35-12-3-5-23-50-35)40(58)31-61-38-19-15-33(16-20-38)10-7-25-57(27-9-14-37(30-57)52-46(60)42-44(48)54-45(49)43(47)53-42)26-8-11-34-17-21-39(22-18-34)62-32-41(59)56(2)29-36-13-4-6-24-51-36/h3-6,12-13,15-24,37H,7-11,14,25-32H2,1-2H3,(H4-,48,49,52,54,60)/p+1/t37-/m0/s1. The molecule has 0 radical (unpaired) electrons. The smallest absolute Gasteiger partial charge is 0.274 e. The van der Waals surface area contributed by atoms with Crippen LogP contribution in [0.5, 0.6) is 11.5 Å². The molecule has 5 aromatic rings. The Morgan fingerprint density at radius 1 is 0.742 bits per heavy atom. The van der Waals surface area contributed by atoms with Crippen LogP contribution in [0.3, 0.4) is 0 Å². The largest absolute Gasteiger partial charge is 0.484 e. The molecule has 1 atom stereocenters. The molecule has 1 aliphatic heterocycles. The Morgan fingerprint density at radius 2 is 1.26 bits per heavy atom. The van der Waals surface area contributed by atoms with Gasteiger partial charge in [0, 0.05) is 39.3 Å². The van der Waals surface area contributed by atoms with Crippen LogP contribution < -0.4 is 26.3 Å². The molecule has 15 nitrogen and oxygen atoms in total. The molecule has 0 unspecified atom stereocenters. The predicted octanol–water partition coefficient (Wildman–Crippen LogP) is 5.13. The van der Waals surface area contributed by atoms with E-state index in [2.05, 4.69) is 25.3 Å². The summed E-state index contributed by atoms with van der Waals surface area (Å²) in [5.41, 5.74) is 15.7. The van der Waals surface area contributed by atoms with Crippen LogP contribution in [0.1, 0.15) is 58.7 Å². The fourth-order valence-electron chi connectivity index (χ4n) is 7.72. The Bertz CT molecular complexity index is 2120. The van der Waals surface area contributed by atoms with Crippen LogP contribution in [0.2, 0.25) is 5.15 Å². The minimum Gasteiger partial charge on any atom is -0.484 e. The van der Waals surface area contributed by atoms with Crippen molar-refractivity contribution in [3.8, 4) is 11.5 Å². The third kappa shape index (κ3) is 13.3. The maximum atomic E-state index is 13.4. The lowest BCUT2D eigenvalue weighted by molar-refractivity contribution is -0.933. The molecule has 16 heteroatoms. The van der Waals surface area contributed by atoms with Crippen molar-refractivity contribution in [2.45, 2.75) is 57.7 Å². The van der Waals surface area contributed by atoms with Crippen LogP contribution in [0, 0.1) is 0 Å². The van der Waals surface area contributed by atoms with Crippen molar-refractivity contribution in [1.29, 1.82) is 0 Å². The number of nitrogens with two attached hydrogens (primary N) is 2. The number of pyridine rings is 2. The number of amides is 3. The number of nitrogen functional groups attached to an aromatic ring is 2. The highest BCUT2D eigenvalue weighted by Crippen LogP contribution is 2.25. The second-order valence-corrected chi connectivity index (χ2v) is 16.2. The molecule has 0 bridgehead atoms. The Kier molecular flexibility index (Phi) is 16.0. The second kappa shape index (κ2) is 22.0. The summed E-state index contributed by atoms with van der Waals surface area (Å²) in [6, 6.07) is 27.0. The van der Waals surface area contributed by atoms with E-state index in [1.165, 1.54) is 11.1 Å². The maximum absolute atomic E-state index is 13.4. The molecule has 1 saturated heterocycles. The molecule has 3 aromatic heterocycles. The number of ether oxygens (including phenoxy) is 2. The van der Waals surface area contributed by atoms with Crippen LogP contribution in [-0.2, 0) is 35.5 Å². The molecule has 5 N–H and O–H groups in total. The third-order valence-electron chi connectivity index (χ3n) is 11.1. The molecule has 0 aliphatic carbocycles. The predicted molar refractivity (Wildman–Crippen MR) is 238 cm³/mol. The number of aryl methyl sites for hydroxylation is 2. The van der Waals surface area contributed by atoms with E-state index in [1.54, 1.807) is 36.3 Å². The minimum atomic E-state index is -0.422. The fraction of sp³-hybridized carbons (Fsp3) is 0.370. The molecule has 0 saturated carbocycles. The van der Waals surface area contributed by atoms with Gasteiger partial charge in [-0.3, -0.25) is 24.4 Å². The van der Waals surface area contributed by atoms with E-state index in [0.717, 1.165) is 80.6 Å². The fourth-order valence-corrected chi connectivity index (χ4v) is 7.85. The lowest BCUT2D eigenvalue weighted by Crippen LogP contribution is -2.60. The number of quaternary nitrogens is 1. The molecule has 6 rings (SSSR count). The van der Waals surface area contributed by atoms with Crippen LogP contribution in [0.4, 0.5) is 11.6 Å². The summed E-state index contributed by atoms with van der Waals surface area (Å²) < 4.78 is 12.5. The van der Waals surface area contributed by atoms with E-state index in [-0.39, 0.29) is 53.6 Å². The number of nitrogens with one attached hydrogen (secondary N) is 1. The van der Waals surface area contributed by atoms with Crippen molar-refractivity contribution < 1.29 is 28.3 Å². The van der Waals surface area contributed by atoms with Gasteiger partial charge in [0.2, 0.25) is 0 Å². The summed E-state index contributed by atoms with van der Waals surface area (Å²) >= 11 is 6.09. The SMILES string of the molecule is CN(Cc1ccccn1)C(=O)COc1ccc(CCC[N+]2(CCCc3ccc(OCC(=O)N(C)Cc4ccccn4)cc3)CCC[C@H](NC(=O)c3nc(Cl)c(N)nc3N)C2)cc1. The molecule has 326 valence electrons. The van der Waals surface area contributed by atoms with Gasteiger partial charge in [0.25, 0.3) is 17.7 Å². The van der Waals surface area contributed by atoms with E-state index in [4.69, 9.17) is 32.5 Å². The first kappa shape index (κ1) is 45.2. The number of likely N-dealkylation sites (tertiary alicyclic amines) is 1. The molecule has 2 aromatic carbocycles. The number of carbonyl (C=O) groups is 3. The Morgan fingerprint density at radius 3 is 1.74 bits per heavy atom. The van der Waals surface area contributed by atoms with Crippen molar-refractivity contribution >= 4 is 41.0 Å². The van der Waals surface area contributed by atoms with E-state index in [1.807, 2.05) is 84.9 Å². The number of rotatable bonds is 20. The van der Waals surface area contributed by atoms with Gasteiger partial charge in [-0.25, -0.2) is 9.97 Å². The number of nitrogens with zero attached hydrogens (tertiary/aromatic N) is 7. The number of halogens is 1. The van der Waals surface area contributed by atoms with Gasteiger partial charge in [0.05, 0.1) is 56.7 Å². The molecular formula is C46H56ClN10O5+. The second-order valence-electron chi connectivity index (χ2n) is 15.9. The summed E-state index contributed by atoms with van der Waals surface area (Å²) in [7, 11) is 3.48. The summed E-state index contributed by atoms with van der Waals surface area (Å²) in [5, 5.41) is 3.10. The van der Waals surface area contributed by atoms with Crippen LogP contribution in [-0.4, -0.2) is 111 Å². The van der Waals surface area contributed by atoms with E-state index in [0.29, 0.717) is 24.6 Å². The summed E-state index contributed by atoms with van der Waals surface area (Å²) in [6.45, 7) is 4.30. The highest BCUT2D eigenvalue weighted by Gasteiger charge is 2.36. The van der Waals surface area contributed by atoms with Crippen LogP contribution in [0.25, 0.3) is 0 Å².